The standard InChI is InChI=1S/C26H26ClFN4O5S2/c1-31(2)38(34,35)17-16-29-25(33)32-18-26(20-6-4-3-5-7-20,24(30-32)19-8-12-22(28)13-9-19)39(36,37)23-14-10-21(27)11-15-23/h3-15H,16-18H2,1-2H3,(H,29,33). The minimum absolute atomic E-state index is 0.0136. The molecule has 0 saturated carbocycles. The molecule has 1 atom stereocenters. The van der Waals surface area contributed by atoms with Crippen LogP contribution < -0.4 is 5.32 Å². The van der Waals surface area contributed by atoms with Crippen molar-refractivity contribution < 1.29 is 26.0 Å². The Kier molecular flexibility index (Phi) is 8.12. The molecule has 0 radical (unpaired) electrons. The first kappa shape index (κ1) is 28.7. The predicted molar refractivity (Wildman–Crippen MR) is 147 cm³/mol. The number of rotatable bonds is 8. The maximum atomic E-state index is 14.5. The fourth-order valence-electron chi connectivity index (χ4n) is 4.22. The van der Waals surface area contributed by atoms with Gasteiger partial charge in [-0.05, 0) is 42.0 Å². The van der Waals surface area contributed by atoms with Gasteiger partial charge < -0.3 is 5.32 Å². The average Bonchev–Trinajstić information content (AvgIpc) is 3.32. The first-order valence-corrected chi connectivity index (χ1v) is 15.2. The number of carbonyl (C=O) groups is 1. The molecule has 9 nitrogen and oxygen atoms in total. The van der Waals surface area contributed by atoms with Crippen molar-refractivity contribution in [2.24, 2.45) is 5.10 Å². The number of nitrogens with zero attached hydrogens (tertiary/aromatic N) is 3. The van der Waals surface area contributed by atoms with Crippen molar-refractivity contribution in [3.63, 3.8) is 0 Å². The summed E-state index contributed by atoms with van der Waals surface area (Å²) < 4.78 is 66.1. The second-order valence-corrected chi connectivity index (χ2v) is 13.9. The molecule has 39 heavy (non-hydrogen) atoms. The smallest absolute Gasteiger partial charge is 0.335 e. The molecule has 3 aromatic rings. The van der Waals surface area contributed by atoms with Gasteiger partial charge in [-0.25, -0.2) is 35.3 Å². The SMILES string of the molecule is CN(C)S(=O)(=O)CCNC(=O)N1CC(c2ccccc2)(S(=O)(=O)c2ccc(Cl)cc2)C(c2ccc(F)cc2)=N1. The number of sulfonamides is 1. The van der Waals surface area contributed by atoms with Crippen molar-refractivity contribution in [1.82, 2.24) is 14.6 Å². The van der Waals surface area contributed by atoms with E-state index < -0.39 is 43.0 Å². The molecule has 0 bridgehead atoms. The van der Waals surface area contributed by atoms with Crippen LogP contribution in [0.15, 0.2) is 88.9 Å². The number of amides is 2. The fourth-order valence-corrected chi connectivity index (χ4v) is 7.12. The second-order valence-electron chi connectivity index (χ2n) is 8.99. The number of carbonyl (C=O) groups excluding carboxylic acids is 1. The van der Waals surface area contributed by atoms with Gasteiger partial charge in [0.05, 0.1) is 22.9 Å². The third-order valence-electron chi connectivity index (χ3n) is 6.34. The van der Waals surface area contributed by atoms with Crippen molar-refractivity contribution in [3.8, 4) is 0 Å². The molecule has 1 unspecified atom stereocenters. The monoisotopic (exact) mass is 592 g/mol. The Hall–Kier alpha value is -3.32. The molecule has 0 aliphatic carbocycles. The third kappa shape index (κ3) is 5.55. The molecule has 2 amide bonds. The van der Waals surface area contributed by atoms with E-state index in [4.69, 9.17) is 11.6 Å². The van der Waals surface area contributed by atoms with E-state index in [2.05, 4.69) is 10.4 Å². The lowest BCUT2D eigenvalue weighted by atomic mass is 9.89. The lowest BCUT2D eigenvalue weighted by molar-refractivity contribution is 0.203. The maximum absolute atomic E-state index is 14.5. The van der Waals surface area contributed by atoms with Crippen molar-refractivity contribution in [1.29, 1.82) is 0 Å². The van der Waals surface area contributed by atoms with Crippen molar-refractivity contribution in [2.75, 3.05) is 32.9 Å². The van der Waals surface area contributed by atoms with Gasteiger partial charge in [0.1, 0.15) is 5.82 Å². The molecule has 1 N–H and O–H groups in total. The number of halogens is 2. The molecule has 0 saturated heterocycles. The molecule has 0 fully saturated rings. The largest absolute Gasteiger partial charge is 0.337 e. The van der Waals surface area contributed by atoms with Crippen LogP contribution in [-0.2, 0) is 24.6 Å². The molecule has 0 aromatic heterocycles. The average molecular weight is 593 g/mol. The Bertz CT molecular complexity index is 1600. The second kappa shape index (κ2) is 11.0. The van der Waals surface area contributed by atoms with Crippen LogP contribution in [0.5, 0.6) is 0 Å². The molecular weight excluding hydrogens is 567 g/mol. The van der Waals surface area contributed by atoms with Gasteiger partial charge in [-0.3, -0.25) is 0 Å². The molecular formula is C26H26ClFN4O5S2. The zero-order chi connectivity index (χ0) is 28.4. The van der Waals surface area contributed by atoms with Gasteiger partial charge >= 0.3 is 6.03 Å². The van der Waals surface area contributed by atoms with E-state index in [1.165, 1.54) is 62.6 Å². The van der Waals surface area contributed by atoms with Gasteiger partial charge in [0, 0.05) is 31.2 Å². The highest BCUT2D eigenvalue weighted by atomic mass is 35.5. The van der Waals surface area contributed by atoms with Crippen LogP contribution >= 0.6 is 11.6 Å². The zero-order valence-corrected chi connectivity index (χ0v) is 23.5. The van der Waals surface area contributed by atoms with Crippen LogP contribution in [0.4, 0.5) is 9.18 Å². The summed E-state index contributed by atoms with van der Waals surface area (Å²) in [4.78, 5) is 13.1. The highest BCUT2D eigenvalue weighted by Crippen LogP contribution is 2.43. The Labute approximate surface area is 231 Å². The molecule has 0 spiro atoms. The fraction of sp³-hybridized carbons (Fsp3) is 0.231. The van der Waals surface area contributed by atoms with Gasteiger partial charge in [0.25, 0.3) is 0 Å². The lowest BCUT2D eigenvalue weighted by Crippen LogP contribution is -2.48. The summed E-state index contributed by atoms with van der Waals surface area (Å²) in [5.74, 6) is -0.888. The summed E-state index contributed by atoms with van der Waals surface area (Å²) in [6, 6.07) is 18.3. The normalized spacial score (nSPS) is 17.8. The van der Waals surface area contributed by atoms with Crippen LogP contribution in [0, 0.1) is 5.82 Å². The van der Waals surface area contributed by atoms with Crippen LogP contribution in [0.3, 0.4) is 0 Å². The number of benzene rings is 3. The van der Waals surface area contributed by atoms with Crippen LogP contribution in [-0.4, -0.2) is 70.8 Å². The molecule has 1 aliphatic heterocycles. The molecule has 206 valence electrons. The number of hydrogen-bond acceptors (Lipinski definition) is 6. The van der Waals surface area contributed by atoms with Gasteiger partial charge in [0.2, 0.25) is 10.0 Å². The van der Waals surface area contributed by atoms with Crippen molar-refractivity contribution in [3.05, 3.63) is 101 Å². The molecule has 3 aromatic carbocycles. The molecule has 4 rings (SSSR count). The van der Waals surface area contributed by atoms with Gasteiger partial charge in [-0.2, -0.15) is 5.10 Å². The molecule has 1 aliphatic rings. The summed E-state index contributed by atoms with van der Waals surface area (Å²) >= 11 is 6.02. The van der Waals surface area contributed by atoms with E-state index in [1.807, 2.05) is 0 Å². The van der Waals surface area contributed by atoms with E-state index >= 15 is 0 Å². The summed E-state index contributed by atoms with van der Waals surface area (Å²) in [7, 11) is -5.12. The maximum Gasteiger partial charge on any atom is 0.337 e. The highest BCUT2D eigenvalue weighted by molar-refractivity contribution is 7.93. The van der Waals surface area contributed by atoms with Crippen LogP contribution in [0.1, 0.15) is 11.1 Å². The topological polar surface area (TPSA) is 116 Å². The third-order valence-corrected chi connectivity index (χ3v) is 10.8. The quantitative estimate of drug-likeness (QED) is 0.430. The first-order chi connectivity index (χ1) is 18.4. The predicted octanol–water partition coefficient (Wildman–Crippen LogP) is 3.47. The first-order valence-electron chi connectivity index (χ1n) is 11.7. The lowest BCUT2D eigenvalue weighted by Gasteiger charge is -2.31. The minimum atomic E-state index is -4.31. The van der Waals surface area contributed by atoms with Gasteiger partial charge in [-0.1, -0.05) is 54.1 Å². The Morgan fingerprint density at radius 3 is 2.21 bits per heavy atom. The van der Waals surface area contributed by atoms with Crippen LogP contribution in [0.25, 0.3) is 0 Å². The Balaban J connectivity index is 1.84. The number of nitrogens with one attached hydrogen (secondary N) is 1. The summed E-state index contributed by atoms with van der Waals surface area (Å²) in [5, 5.41) is 8.24. The van der Waals surface area contributed by atoms with Gasteiger partial charge in [0.15, 0.2) is 14.6 Å². The highest BCUT2D eigenvalue weighted by Gasteiger charge is 2.56. The number of hydrazone groups is 1. The van der Waals surface area contributed by atoms with E-state index in [9.17, 15) is 26.0 Å². The van der Waals surface area contributed by atoms with E-state index in [0.717, 1.165) is 9.31 Å². The Morgan fingerprint density at radius 2 is 1.62 bits per heavy atom. The summed E-state index contributed by atoms with van der Waals surface area (Å²) in [6.07, 6.45) is 0. The molecule has 13 heteroatoms. The summed E-state index contributed by atoms with van der Waals surface area (Å²) in [6.45, 7) is -0.638. The molecule has 1 heterocycles. The van der Waals surface area contributed by atoms with Gasteiger partial charge in [-0.15, -0.1) is 0 Å². The van der Waals surface area contributed by atoms with E-state index in [0.29, 0.717) is 16.1 Å². The Morgan fingerprint density at radius 1 is 1.00 bits per heavy atom. The number of sulfone groups is 1. The van der Waals surface area contributed by atoms with E-state index in [-0.39, 0.29) is 22.9 Å². The van der Waals surface area contributed by atoms with Crippen molar-refractivity contribution >= 4 is 43.2 Å². The number of hydrogen-bond donors (Lipinski definition) is 1. The summed E-state index contributed by atoms with van der Waals surface area (Å²) in [5.41, 5.74) is 0.650. The van der Waals surface area contributed by atoms with Crippen LogP contribution in [0.2, 0.25) is 5.02 Å². The van der Waals surface area contributed by atoms with Crippen molar-refractivity contribution in [2.45, 2.75) is 9.64 Å². The van der Waals surface area contributed by atoms with E-state index in [1.54, 1.807) is 30.3 Å². The number of urea groups is 1. The minimum Gasteiger partial charge on any atom is -0.335 e. The zero-order valence-electron chi connectivity index (χ0n) is 21.1.